The van der Waals surface area contributed by atoms with Gasteiger partial charge in [0, 0.05) is 25.5 Å². The van der Waals surface area contributed by atoms with Crippen LogP contribution in [-0.4, -0.2) is 53.1 Å². The fourth-order valence-corrected chi connectivity index (χ4v) is 2.81. The SMILES string of the molecule is CCOC(=O)CSc1nnc(N)n1CC(=O)Nc1ccc(N(C)C)cc1. The average Bonchev–Trinajstić information content (AvgIpc) is 2.94. The second-order valence-corrected chi connectivity index (χ2v) is 6.45. The number of aromatic nitrogens is 3. The molecule has 140 valence electrons. The zero-order valence-corrected chi connectivity index (χ0v) is 15.7. The predicted octanol–water partition coefficient (Wildman–Crippen LogP) is 1.22. The van der Waals surface area contributed by atoms with Crippen molar-refractivity contribution in [3.63, 3.8) is 0 Å². The molecular weight excluding hydrogens is 356 g/mol. The molecule has 0 aliphatic carbocycles. The monoisotopic (exact) mass is 378 g/mol. The molecule has 0 bridgehead atoms. The van der Waals surface area contributed by atoms with Crippen LogP contribution in [0.1, 0.15) is 6.92 Å². The van der Waals surface area contributed by atoms with Gasteiger partial charge in [-0.15, -0.1) is 10.2 Å². The van der Waals surface area contributed by atoms with Crippen LogP contribution in [-0.2, 0) is 20.9 Å². The van der Waals surface area contributed by atoms with Gasteiger partial charge in [0.2, 0.25) is 11.9 Å². The van der Waals surface area contributed by atoms with Crippen molar-refractivity contribution in [2.45, 2.75) is 18.6 Å². The number of carbonyl (C=O) groups is 2. The number of nitrogen functional groups attached to an aromatic ring is 1. The van der Waals surface area contributed by atoms with Crippen LogP contribution in [0.3, 0.4) is 0 Å². The van der Waals surface area contributed by atoms with E-state index in [1.54, 1.807) is 6.92 Å². The summed E-state index contributed by atoms with van der Waals surface area (Å²) >= 11 is 1.12. The molecule has 0 unspecified atom stereocenters. The molecule has 1 aromatic carbocycles. The first-order valence-electron chi connectivity index (χ1n) is 7.95. The highest BCUT2D eigenvalue weighted by atomic mass is 32.2. The second-order valence-electron chi connectivity index (χ2n) is 5.51. The number of nitrogens with one attached hydrogen (secondary N) is 1. The van der Waals surface area contributed by atoms with Gasteiger partial charge in [0.1, 0.15) is 6.54 Å². The number of rotatable bonds is 8. The lowest BCUT2D eigenvalue weighted by atomic mass is 10.2. The van der Waals surface area contributed by atoms with Crippen LogP contribution in [0.2, 0.25) is 0 Å². The van der Waals surface area contributed by atoms with Crippen molar-refractivity contribution < 1.29 is 14.3 Å². The molecule has 0 saturated carbocycles. The Labute approximate surface area is 155 Å². The standard InChI is InChI=1S/C16H22N6O3S/c1-4-25-14(24)10-26-16-20-19-15(17)22(16)9-13(23)18-11-5-7-12(8-6-11)21(2)3/h5-8H,4,9-10H2,1-3H3,(H2,17,19)(H,18,23). The maximum absolute atomic E-state index is 12.3. The number of ether oxygens (including phenoxy) is 1. The fraction of sp³-hybridized carbons (Fsp3) is 0.375. The molecule has 1 heterocycles. The van der Waals surface area contributed by atoms with Crippen molar-refractivity contribution in [3.05, 3.63) is 24.3 Å². The Hall–Kier alpha value is -2.75. The van der Waals surface area contributed by atoms with E-state index in [1.807, 2.05) is 43.3 Å². The largest absolute Gasteiger partial charge is 0.465 e. The molecule has 1 aromatic heterocycles. The minimum atomic E-state index is -0.365. The van der Waals surface area contributed by atoms with E-state index in [-0.39, 0.29) is 30.1 Å². The summed E-state index contributed by atoms with van der Waals surface area (Å²) in [5.74, 6) is -0.461. The van der Waals surface area contributed by atoms with Crippen molar-refractivity contribution in [1.82, 2.24) is 14.8 Å². The van der Waals surface area contributed by atoms with Crippen molar-refractivity contribution in [3.8, 4) is 0 Å². The summed E-state index contributed by atoms with van der Waals surface area (Å²) in [5.41, 5.74) is 7.48. The molecule has 0 atom stereocenters. The van der Waals surface area contributed by atoms with Crippen LogP contribution >= 0.6 is 11.8 Å². The number of hydrogen-bond acceptors (Lipinski definition) is 8. The van der Waals surface area contributed by atoms with Gasteiger partial charge in [-0.2, -0.15) is 0 Å². The summed E-state index contributed by atoms with van der Waals surface area (Å²) in [5, 5.41) is 10.8. The first-order valence-corrected chi connectivity index (χ1v) is 8.93. The first-order chi connectivity index (χ1) is 12.4. The summed E-state index contributed by atoms with van der Waals surface area (Å²) < 4.78 is 6.32. The van der Waals surface area contributed by atoms with Crippen LogP contribution < -0.4 is 16.0 Å². The van der Waals surface area contributed by atoms with Gasteiger partial charge in [-0.1, -0.05) is 11.8 Å². The summed E-state index contributed by atoms with van der Waals surface area (Å²) in [6.07, 6.45) is 0. The number of thioether (sulfide) groups is 1. The molecule has 2 aromatic rings. The molecule has 26 heavy (non-hydrogen) atoms. The number of carbonyl (C=O) groups excluding carboxylic acids is 2. The maximum Gasteiger partial charge on any atom is 0.316 e. The minimum Gasteiger partial charge on any atom is -0.465 e. The van der Waals surface area contributed by atoms with Gasteiger partial charge in [0.25, 0.3) is 0 Å². The number of anilines is 3. The number of esters is 1. The normalized spacial score (nSPS) is 10.4. The van der Waals surface area contributed by atoms with Gasteiger partial charge in [-0.3, -0.25) is 14.2 Å². The maximum atomic E-state index is 12.3. The zero-order chi connectivity index (χ0) is 19.1. The zero-order valence-electron chi connectivity index (χ0n) is 14.9. The van der Waals surface area contributed by atoms with Crippen molar-refractivity contribution in [2.24, 2.45) is 0 Å². The minimum absolute atomic E-state index is 0.0561. The highest BCUT2D eigenvalue weighted by Gasteiger charge is 2.15. The van der Waals surface area contributed by atoms with Gasteiger partial charge in [0.05, 0.1) is 12.4 Å². The Morgan fingerprint density at radius 1 is 1.27 bits per heavy atom. The Balaban J connectivity index is 1.98. The molecule has 0 fully saturated rings. The van der Waals surface area contributed by atoms with Gasteiger partial charge >= 0.3 is 5.97 Å². The third kappa shape index (κ3) is 5.38. The Morgan fingerprint density at radius 3 is 2.58 bits per heavy atom. The van der Waals surface area contributed by atoms with E-state index in [9.17, 15) is 9.59 Å². The number of hydrogen-bond donors (Lipinski definition) is 2. The van der Waals surface area contributed by atoms with Crippen molar-refractivity contribution in [2.75, 3.05) is 42.4 Å². The smallest absolute Gasteiger partial charge is 0.316 e. The lowest BCUT2D eigenvalue weighted by Crippen LogP contribution is -2.20. The van der Waals surface area contributed by atoms with E-state index >= 15 is 0 Å². The van der Waals surface area contributed by atoms with Gasteiger partial charge in [-0.25, -0.2) is 0 Å². The van der Waals surface area contributed by atoms with E-state index in [0.29, 0.717) is 17.5 Å². The number of nitrogens with two attached hydrogens (primary N) is 1. The number of amides is 1. The van der Waals surface area contributed by atoms with Gasteiger partial charge in [0.15, 0.2) is 5.16 Å². The van der Waals surface area contributed by atoms with Crippen LogP contribution in [0.5, 0.6) is 0 Å². The van der Waals surface area contributed by atoms with Crippen molar-refractivity contribution in [1.29, 1.82) is 0 Å². The highest BCUT2D eigenvalue weighted by molar-refractivity contribution is 7.99. The predicted molar refractivity (Wildman–Crippen MR) is 101 cm³/mol. The molecule has 0 aliphatic heterocycles. The van der Waals surface area contributed by atoms with E-state index in [1.165, 1.54) is 4.57 Å². The van der Waals surface area contributed by atoms with Crippen LogP contribution in [0, 0.1) is 0 Å². The molecule has 3 N–H and O–H groups in total. The summed E-state index contributed by atoms with van der Waals surface area (Å²) in [6, 6.07) is 7.45. The molecule has 9 nitrogen and oxygen atoms in total. The Morgan fingerprint density at radius 2 is 1.96 bits per heavy atom. The topological polar surface area (TPSA) is 115 Å². The fourth-order valence-electron chi connectivity index (χ4n) is 2.07. The highest BCUT2D eigenvalue weighted by Crippen LogP contribution is 2.19. The second kappa shape index (κ2) is 9.09. The lowest BCUT2D eigenvalue weighted by molar-refractivity contribution is -0.139. The Bertz CT molecular complexity index is 760. The van der Waals surface area contributed by atoms with Gasteiger partial charge < -0.3 is 20.7 Å². The number of nitrogens with zero attached hydrogens (tertiary/aromatic N) is 4. The van der Waals surface area contributed by atoms with Crippen LogP contribution in [0.15, 0.2) is 29.4 Å². The molecular formula is C16H22N6O3S. The summed E-state index contributed by atoms with van der Waals surface area (Å²) in [7, 11) is 3.88. The molecule has 0 radical (unpaired) electrons. The van der Waals surface area contributed by atoms with Crippen LogP contribution in [0.4, 0.5) is 17.3 Å². The molecule has 0 spiro atoms. The van der Waals surface area contributed by atoms with Crippen LogP contribution in [0.25, 0.3) is 0 Å². The molecule has 0 saturated heterocycles. The summed E-state index contributed by atoms with van der Waals surface area (Å²) in [4.78, 5) is 25.7. The molecule has 2 rings (SSSR count). The number of benzene rings is 1. The first kappa shape index (κ1) is 19.6. The van der Waals surface area contributed by atoms with E-state index < -0.39 is 0 Å². The quantitative estimate of drug-likeness (QED) is 0.520. The van der Waals surface area contributed by atoms with E-state index in [4.69, 9.17) is 10.5 Å². The van der Waals surface area contributed by atoms with Gasteiger partial charge in [-0.05, 0) is 31.2 Å². The Kier molecular flexibility index (Phi) is 6.84. The lowest BCUT2D eigenvalue weighted by Gasteiger charge is -2.13. The average molecular weight is 378 g/mol. The molecule has 10 heteroatoms. The third-order valence-electron chi connectivity index (χ3n) is 3.34. The van der Waals surface area contributed by atoms with Crippen molar-refractivity contribution >= 4 is 41.0 Å². The van der Waals surface area contributed by atoms with E-state index in [2.05, 4.69) is 15.5 Å². The van der Waals surface area contributed by atoms with E-state index in [0.717, 1.165) is 17.4 Å². The molecule has 1 amide bonds. The summed E-state index contributed by atoms with van der Waals surface area (Å²) in [6.45, 7) is 1.99. The molecule has 0 aliphatic rings. The third-order valence-corrected chi connectivity index (χ3v) is 4.28.